The molecule has 2 aromatic heterocycles. The van der Waals surface area contributed by atoms with Crippen LogP contribution in [0, 0.1) is 22.7 Å². The van der Waals surface area contributed by atoms with E-state index in [4.69, 9.17) is 9.47 Å². The van der Waals surface area contributed by atoms with Crippen molar-refractivity contribution in [3.05, 3.63) is 101 Å². The molecule has 2 saturated heterocycles. The predicted octanol–water partition coefficient (Wildman–Crippen LogP) is 6.21. The molecule has 1 unspecified atom stereocenters. The number of ether oxygens (including phenoxy) is 2. The van der Waals surface area contributed by atoms with E-state index in [0.29, 0.717) is 58.9 Å². The summed E-state index contributed by atoms with van der Waals surface area (Å²) in [6.45, 7) is 3.14. The number of rotatable bonds is 8. The number of benzene rings is 3. The van der Waals surface area contributed by atoms with Gasteiger partial charge in [-0.05, 0) is 74.0 Å². The average molecular weight is 624 g/mol. The van der Waals surface area contributed by atoms with Gasteiger partial charge >= 0.3 is 0 Å². The monoisotopic (exact) mass is 623 g/mol. The fourth-order valence-corrected chi connectivity index (χ4v) is 6.24. The second-order valence-corrected chi connectivity index (χ2v) is 11.8. The standard InChI is InChI=1S/C37H33N7O3/c38-19-25-2-1-3-26(14-25)22-44(29-4-5-32-27(16-29)8-12-41-32)37-28(20-39)21-42-33-18-35(47-30-9-13-46-23-30)34(17-31(33)37)43-36(45)15-24-6-10-40-11-7-24/h1-5,8,12,14-18,21,30,40-41H,6-7,9-11,13,22-23H2,(H,43,45). The highest BCUT2D eigenvalue weighted by atomic mass is 16.5. The number of fused-ring (bicyclic) bond motifs is 2. The van der Waals surface area contributed by atoms with Crippen molar-refractivity contribution in [3.8, 4) is 17.9 Å². The average Bonchev–Trinajstić information content (AvgIpc) is 3.80. The van der Waals surface area contributed by atoms with Crippen LogP contribution in [0.15, 0.2) is 84.7 Å². The Bertz CT molecular complexity index is 2070. The fourth-order valence-electron chi connectivity index (χ4n) is 6.24. The van der Waals surface area contributed by atoms with Crippen molar-refractivity contribution in [2.45, 2.75) is 31.9 Å². The van der Waals surface area contributed by atoms with E-state index < -0.39 is 0 Å². The lowest BCUT2D eigenvalue weighted by atomic mass is 10.0. The summed E-state index contributed by atoms with van der Waals surface area (Å²) in [4.78, 5) is 23.4. The maximum Gasteiger partial charge on any atom is 0.248 e. The number of carbonyl (C=O) groups excluding carboxylic acids is 1. The molecule has 0 saturated carbocycles. The number of nitriles is 2. The molecule has 234 valence electrons. The molecule has 2 aliphatic rings. The van der Waals surface area contributed by atoms with Crippen LogP contribution in [-0.4, -0.2) is 48.3 Å². The summed E-state index contributed by atoms with van der Waals surface area (Å²) >= 11 is 0. The van der Waals surface area contributed by atoms with E-state index in [-0.39, 0.29) is 12.0 Å². The van der Waals surface area contributed by atoms with Crippen molar-refractivity contribution in [2.24, 2.45) is 0 Å². The van der Waals surface area contributed by atoms with E-state index in [1.165, 1.54) is 0 Å². The van der Waals surface area contributed by atoms with Gasteiger partial charge < -0.3 is 30.0 Å². The highest BCUT2D eigenvalue weighted by molar-refractivity contribution is 6.05. The van der Waals surface area contributed by atoms with E-state index in [1.54, 1.807) is 18.3 Å². The zero-order chi connectivity index (χ0) is 32.2. The smallest absolute Gasteiger partial charge is 0.248 e. The van der Waals surface area contributed by atoms with Crippen LogP contribution < -0.4 is 20.3 Å². The van der Waals surface area contributed by atoms with E-state index >= 15 is 0 Å². The first-order valence-electron chi connectivity index (χ1n) is 15.7. The predicted molar refractivity (Wildman–Crippen MR) is 180 cm³/mol. The van der Waals surface area contributed by atoms with Crippen molar-refractivity contribution in [1.82, 2.24) is 15.3 Å². The lowest BCUT2D eigenvalue weighted by Gasteiger charge is -2.28. The number of aromatic nitrogens is 2. The third kappa shape index (κ3) is 6.52. The number of hydrogen-bond acceptors (Lipinski definition) is 8. The number of piperidine rings is 1. The van der Waals surface area contributed by atoms with Crippen LogP contribution in [0.25, 0.3) is 21.8 Å². The first-order valence-corrected chi connectivity index (χ1v) is 15.7. The number of carbonyl (C=O) groups is 1. The third-order valence-electron chi connectivity index (χ3n) is 8.60. The van der Waals surface area contributed by atoms with E-state index in [0.717, 1.165) is 60.1 Å². The fraction of sp³-hybridized carbons (Fsp3) is 0.243. The van der Waals surface area contributed by atoms with Crippen LogP contribution in [0.5, 0.6) is 5.75 Å². The summed E-state index contributed by atoms with van der Waals surface area (Å²) in [5.41, 5.74) is 6.50. The molecular formula is C37H33N7O3. The van der Waals surface area contributed by atoms with Gasteiger partial charge in [0.05, 0.1) is 47.3 Å². The van der Waals surface area contributed by atoms with Crippen LogP contribution in [0.3, 0.4) is 0 Å². The van der Waals surface area contributed by atoms with Gasteiger partial charge in [0.1, 0.15) is 17.9 Å². The molecule has 4 heterocycles. The van der Waals surface area contributed by atoms with Gasteiger partial charge in [-0.15, -0.1) is 0 Å². The molecule has 0 aliphatic carbocycles. The molecule has 3 N–H and O–H groups in total. The van der Waals surface area contributed by atoms with Gasteiger partial charge in [-0.25, -0.2) is 0 Å². The molecule has 2 aliphatic heterocycles. The Balaban J connectivity index is 1.39. The molecule has 1 atom stereocenters. The molecule has 2 fully saturated rings. The molecule has 0 spiro atoms. The van der Waals surface area contributed by atoms with Crippen molar-refractivity contribution in [3.63, 3.8) is 0 Å². The van der Waals surface area contributed by atoms with Gasteiger partial charge in [-0.1, -0.05) is 17.7 Å². The second-order valence-electron chi connectivity index (χ2n) is 11.8. The maximum absolute atomic E-state index is 13.4. The lowest BCUT2D eigenvalue weighted by molar-refractivity contribution is -0.112. The molecule has 47 heavy (non-hydrogen) atoms. The molecule has 7 rings (SSSR count). The summed E-state index contributed by atoms with van der Waals surface area (Å²) < 4.78 is 11.9. The van der Waals surface area contributed by atoms with Crippen LogP contribution >= 0.6 is 0 Å². The molecule has 10 heteroatoms. The van der Waals surface area contributed by atoms with Gasteiger partial charge in [-0.3, -0.25) is 9.78 Å². The SMILES string of the molecule is N#Cc1cccc(CN(c2ccc3[nH]ccc3c2)c2c(C#N)cnc3cc(OC4CCOC4)c(NC(=O)C=C4CCNCC4)cc23)c1. The number of hydrogen-bond donors (Lipinski definition) is 3. The summed E-state index contributed by atoms with van der Waals surface area (Å²) in [5.74, 6) is 0.262. The van der Waals surface area contributed by atoms with E-state index in [2.05, 4.69) is 43.7 Å². The largest absolute Gasteiger partial charge is 0.486 e. The highest BCUT2D eigenvalue weighted by Crippen LogP contribution is 2.41. The quantitative estimate of drug-likeness (QED) is 0.173. The first-order chi connectivity index (χ1) is 23.1. The van der Waals surface area contributed by atoms with Gasteiger partial charge in [0.25, 0.3) is 0 Å². The van der Waals surface area contributed by atoms with Gasteiger partial charge in [0, 0.05) is 59.5 Å². The Morgan fingerprint density at radius 1 is 1.11 bits per heavy atom. The van der Waals surface area contributed by atoms with Crippen LogP contribution in [0.2, 0.25) is 0 Å². The minimum Gasteiger partial charge on any atom is -0.486 e. The molecular weight excluding hydrogens is 590 g/mol. The van der Waals surface area contributed by atoms with Gasteiger partial charge in [0.15, 0.2) is 0 Å². The Kier molecular flexibility index (Phi) is 8.52. The van der Waals surface area contributed by atoms with Crippen molar-refractivity contribution in [2.75, 3.05) is 36.5 Å². The normalized spacial score (nSPS) is 16.0. The molecule has 10 nitrogen and oxygen atoms in total. The topological polar surface area (TPSA) is 139 Å². The van der Waals surface area contributed by atoms with Crippen LogP contribution in [0.4, 0.5) is 17.1 Å². The Hall–Kier alpha value is -5.68. The summed E-state index contributed by atoms with van der Waals surface area (Å²) in [5, 5.41) is 28.1. The van der Waals surface area contributed by atoms with Gasteiger partial charge in [0.2, 0.25) is 5.91 Å². The highest BCUT2D eigenvalue weighted by Gasteiger charge is 2.24. The van der Waals surface area contributed by atoms with Crippen molar-refractivity contribution < 1.29 is 14.3 Å². The maximum atomic E-state index is 13.4. The van der Waals surface area contributed by atoms with Crippen molar-refractivity contribution in [1.29, 1.82) is 10.5 Å². The lowest BCUT2D eigenvalue weighted by Crippen LogP contribution is -2.24. The molecule has 0 radical (unpaired) electrons. The number of amides is 1. The summed E-state index contributed by atoms with van der Waals surface area (Å²) in [7, 11) is 0. The van der Waals surface area contributed by atoms with Crippen LogP contribution in [0.1, 0.15) is 36.0 Å². The molecule has 0 bridgehead atoms. The minimum atomic E-state index is -0.234. The van der Waals surface area contributed by atoms with Gasteiger partial charge in [-0.2, -0.15) is 10.5 Å². The molecule has 1 amide bonds. The molecule has 5 aromatic rings. The number of aromatic amines is 1. The summed E-state index contributed by atoms with van der Waals surface area (Å²) in [6, 6.07) is 23.8. The number of anilines is 3. The van der Waals surface area contributed by atoms with E-state index in [1.807, 2.05) is 54.7 Å². The summed E-state index contributed by atoms with van der Waals surface area (Å²) in [6.07, 6.45) is 7.38. The minimum absolute atomic E-state index is 0.152. The second kappa shape index (κ2) is 13.4. The number of pyridine rings is 1. The number of nitrogens with one attached hydrogen (secondary N) is 3. The Morgan fingerprint density at radius 3 is 2.81 bits per heavy atom. The first kappa shape index (κ1) is 30.0. The zero-order valence-corrected chi connectivity index (χ0v) is 25.8. The number of nitrogens with zero attached hydrogens (tertiary/aromatic N) is 4. The Morgan fingerprint density at radius 2 is 2.00 bits per heavy atom. The van der Waals surface area contributed by atoms with E-state index in [9.17, 15) is 15.3 Å². The zero-order valence-electron chi connectivity index (χ0n) is 25.8. The Labute approximate surface area is 272 Å². The third-order valence-corrected chi connectivity index (χ3v) is 8.60. The number of H-pyrrole nitrogens is 1. The van der Waals surface area contributed by atoms with Crippen molar-refractivity contribution >= 4 is 44.8 Å². The van der Waals surface area contributed by atoms with Crippen LogP contribution in [-0.2, 0) is 16.1 Å². The molecule has 3 aromatic carbocycles.